The van der Waals surface area contributed by atoms with Crippen LogP contribution < -0.4 is 9.47 Å². The Balaban J connectivity index is 1.56. The smallest absolute Gasteiger partial charge is 0.416 e. The van der Waals surface area contributed by atoms with E-state index in [0.29, 0.717) is 35.3 Å². The molecule has 2 amide bonds. The molecule has 1 aromatic rings. The zero-order valence-corrected chi connectivity index (χ0v) is 13.8. The lowest BCUT2D eigenvalue weighted by atomic mass is 10.2. The van der Waals surface area contributed by atoms with Crippen molar-refractivity contribution in [2.45, 2.75) is 0 Å². The lowest BCUT2D eigenvalue weighted by molar-refractivity contribution is -0.146. The van der Waals surface area contributed by atoms with E-state index in [1.54, 1.807) is 12.1 Å². The zero-order valence-electron chi connectivity index (χ0n) is 13.0. The van der Waals surface area contributed by atoms with Crippen molar-refractivity contribution in [3.05, 3.63) is 28.8 Å². The number of cyclic esters (lactones) is 1. The van der Waals surface area contributed by atoms with Crippen LogP contribution in [-0.4, -0.2) is 55.8 Å². The van der Waals surface area contributed by atoms with Crippen LogP contribution >= 0.6 is 11.6 Å². The van der Waals surface area contributed by atoms with Gasteiger partial charge in [-0.1, -0.05) is 11.6 Å². The van der Waals surface area contributed by atoms with E-state index in [-0.39, 0.29) is 13.2 Å². The molecule has 0 N–H and O–H groups in total. The summed E-state index contributed by atoms with van der Waals surface area (Å²) >= 11 is 6.10. The SMILES string of the molecule is O=C(/C=C/c1cc(Cl)c2c(c1)OCCO2)OCC(=O)N1CCOC1=O. The number of carbonyl (C=O) groups excluding carboxylic acids is 3. The molecule has 3 rings (SSSR count). The first-order chi connectivity index (χ1) is 12.0. The number of esters is 1. The van der Waals surface area contributed by atoms with E-state index in [1.807, 2.05) is 0 Å². The first-order valence-electron chi connectivity index (χ1n) is 7.45. The van der Waals surface area contributed by atoms with Crippen LogP contribution in [0.4, 0.5) is 4.79 Å². The third-order valence-electron chi connectivity index (χ3n) is 3.43. The van der Waals surface area contributed by atoms with Gasteiger partial charge in [-0.2, -0.15) is 0 Å². The van der Waals surface area contributed by atoms with Crippen LogP contribution in [0.1, 0.15) is 5.56 Å². The van der Waals surface area contributed by atoms with Gasteiger partial charge in [0.1, 0.15) is 19.8 Å². The van der Waals surface area contributed by atoms with Gasteiger partial charge in [-0.05, 0) is 23.8 Å². The Labute approximate surface area is 147 Å². The van der Waals surface area contributed by atoms with Gasteiger partial charge in [-0.25, -0.2) is 14.5 Å². The summed E-state index contributed by atoms with van der Waals surface area (Å²) in [5, 5.41) is 0.368. The highest BCUT2D eigenvalue weighted by Crippen LogP contribution is 2.38. The second-order valence-corrected chi connectivity index (χ2v) is 5.53. The molecule has 1 saturated heterocycles. The number of rotatable bonds is 4. The Bertz CT molecular complexity index is 746. The van der Waals surface area contributed by atoms with Crippen LogP contribution in [0.2, 0.25) is 5.02 Å². The standard InChI is InChI=1S/C16H14ClNO7/c17-11-7-10(8-12-15(11)23-6-5-22-12)1-2-14(20)25-9-13(19)18-3-4-24-16(18)21/h1-2,7-8H,3-6,9H2/b2-1+. The number of fused-ring (bicyclic) bond motifs is 1. The minimum Gasteiger partial charge on any atom is -0.486 e. The van der Waals surface area contributed by atoms with Gasteiger partial charge in [0.05, 0.1) is 11.6 Å². The maximum Gasteiger partial charge on any atom is 0.416 e. The van der Waals surface area contributed by atoms with Crippen LogP contribution in [0.15, 0.2) is 18.2 Å². The topological polar surface area (TPSA) is 91.4 Å². The highest BCUT2D eigenvalue weighted by molar-refractivity contribution is 6.32. The summed E-state index contributed by atoms with van der Waals surface area (Å²) < 4.78 is 20.3. The summed E-state index contributed by atoms with van der Waals surface area (Å²) in [6.07, 6.45) is 1.89. The van der Waals surface area contributed by atoms with Crippen LogP contribution in [0.25, 0.3) is 6.08 Å². The van der Waals surface area contributed by atoms with E-state index in [2.05, 4.69) is 4.74 Å². The molecule has 0 aliphatic carbocycles. The molecule has 0 spiro atoms. The van der Waals surface area contributed by atoms with Crippen molar-refractivity contribution in [3.63, 3.8) is 0 Å². The molecule has 2 aliphatic heterocycles. The first kappa shape index (κ1) is 17.1. The monoisotopic (exact) mass is 367 g/mol. The molecule has 0 radical (unpaired) electrons. The quantitative estimate of drug-likeness (QED) is 0.590. The van der Waals surface area contributed by atoms with Gasteiger partial charge in [0.2, 0.25) is 0 Å². The van der Waals surface area contributed by atoms with E-state index in [1.165, 1.54) is 6.08 Å². The maximum absolute atomic E-state index is 11.7. The van der Waals surface area contributed by atoms with Gasteiger partial charge >= 0.3 is 12.1 Å². The van der Waals surface area contributed by atoms with Crippen molar-refractivity contribution in [1.82, 2.24) is 4.90 Å². The minimum absolute atomic E-state index is 0.142. The molecule has 0 unspecified atom stereocenters. The number of amides is 2. The molecule has 1 fully saturated rings. The van der Waals surface area contributed by atoms with Gasteiger partial charge in [0.25, 0.3) is 5.91 Å². The van der Waals surface area contributed by atoms with Crippen LogP contribution in [0, 0.1) is 0 Å². The fourth-order valence-electron chi connectivity index (χ4n) is 2.27. The zero-order chi connectivity index (χ0) is 17.8. The van der Waals surface area contributed by atoms with Gasteiger partial charge in [0.15, 0.2) is 18.1 Å². The molecule has 1 aromatic carbocycles. The van der Waals surface area contributed by atoms with Crippen LogP contribution in [0.5, 0.6) is 11.5 Å². The highest BCUT2D eigenvalue weighted by Gasteiger charge is 2.28. The minimum atomic E-state index is -0.734. The summed E-state index contributed by atoms with van der Waals surface area (Å²) in [5.74, 6) is -0.399. The normalized spacial score (nSPS) is 16.0. The second-order valence-electron chi connectivity index (χ2n) is 5.13. The van der Waals surface area contributed by atoms with Crippen molar-refractivity contribution >= 4 is 35.6 Å². The molecule has 0 atom stereocenters. The molecule has 2 aliphatic rings. The fourth-order valence-corrected chi connectivity index (χ4v) is 2.54. The third kappa shape index (κ3) is 4.03. The third-order valence-corrected chi connectivity index (χ3v) is 3.71. The predicted molar refractivity (Wildman–Crippen MR) is 85.5 cm³/mol. The van der Waals surface area contributed by atoms with Gasteiger partial charge < -0.3 is 18.9 Å². The summed E-state index contributed by atoms with van der Waals surface area (Å²) in [6, 6.07) is 3.29. The number of hydrogen-bond donors (Lipinski definition) is 0. The lowest BCUT2D eigenvalue weighted by Gasteiger charge is -2.19. The van der Waals surface area contributed by atoms with Gasteiger partial charge in [-0.3, -0.25) is 4.79 Å². The molecule has 0 aromatic heterocycles. The fraction of sp³-hybridized carbons (Fsp3) is 0.312. The molecule has 9 heteroatoms. The number of halogens is 1. The summed E-state index contributed by atoms with van der Waals surface area (Å²) in [7, 11) is 0. The average Bonchev–Trinajstić information content (AvgIpc) is 3.04. The number of hydrogen-bond acceptors (Lipinski definition) is 7. The van der Waals surface area contributed by atoms with E-state index >= 15 is 0 Å². The predicted octanol–water partition coefficient (Wildman–Crippen LogP) is 1.65. The molecule has 8 nitrogen and oxygen atoms in total. The Morgan fingerprint density at radius 3 is 2.76 bits per heavy atom. The Morgan fingerprint density at radius 2 is 2.00 bits per heavy atom. The van der Waals surface area contributed by atoms with Crippen molar-refractivity contribution in [2.24, 2.45) is 0 Å². The van der Waals surface area contributed by atoms with E-state index < -0.39 is 24.6 Å². The van der Waals surface area contributed by atoms with Crippen molar-refractivity contribution in [3.8, 4) is 11.5 Å². The number of ether oxygens (including phenoxy) is 4. The van der Waals surface area contributed by atoms with Gasteiger partial charge in [-0.15, -0.1) is 0 Å². The van der Waals surface area contributed by atoms with E-state index in [0.717, 1.165) is 11.0 Å². The highest BCUT2D eigenvalue weighted by atomic mass is 35.5. The van der Waals surface area contributed by atoms with E-state index in [4.69, 9.17) is 25.8 Å². The summed E-state index contributed by atoms with van der Waals surface area (Å²) in [6.45, 7) is 0.594. The first-order valence-corrected chi connectivity index (χ1v) is 7.83. The van der Waals surface area contributed by atoms with Crippen molar-refractivity contribution < 1.29 is 33.3 Å². The lowest BCUT2D eigenvalue weighted by Crippen LogP contribution is -2.35. The van der Waals surface area contributed by atoms with E-state index in [9.17, 15) is 14.4 Å². The summed E-state index contributed by atoms with van der Waals surface area (Å²) in [4.78, 5) is 35.5. The van der Waals surface area contributed by atoms with Gasteiger partial charge in [0, 0.05) is 6.08 Å². The van der Waals surface area contributed by atoms with Crippen molar-refractivity contribution in [2.75, 3.05) is 33.0 Å². The molecule has 0 saturated carbocycles. The molecule has 25 heavy (non-hydrogen) atoms. The largest absolute Gasteiger partial charge is 0.486 e. The number of nitrogens with zero attached hydrogens (tertiary/aromatic N) is 1. The Morgan fingerprint density at radius 1 is 1.20 bits per heavy atom. The van der Waals surface area contributed by atoms with Crippen LogP contribution in [-0.2, 0) is 19.1 Å². The van der Waals surface area contributed by atoms with Crippen LogP contribution in [0.3, 0.4) is 0 Å². The Hall–Kier alpha value is -2.74. The molecule has 0 bridgehead atoms. The van der Waals surface area contributed by atoms with Crippen molar-refractivity contribution in [1.29, 1.82) is 0 Å². The summed E-state index contributed by atoms with van der Waals surface area (Å²) in [5.41, 5.74) is 0.612. The number of benzene rings is 1. The second kappa shape index (κ2) is 7.43. The molecule has 132 valence electrons. The number of imide groups is 1. The molecule has 2 heterocycles. The average molecular weight is 368 g/mol. The molecular weight excluding hydrogens is 354 g/mol. The number of carbonyl (C=O) groups is 3. The maximum atomic E-state index is 11.7. The Kier molecular flexibility index (Phi) is 5.08. The molecular formula is C16H14ClNO7.